The van der Waals surface area contributed by atoms with Crippen LogP contribution in [0.1, 0.15) is 5.56 Å². The molecule has 0 spiro atoms. The van der Waals surface area contributed by atoms with Crippen molar-refractivity contribution in [3.05, 3.63) is 80.8 Å². The van der Waals surface area contributed by atoms with E-state index in [1.165, 1.54) is 44.6 Å². The van der Waals surface area contributed by atoms with Crippen molar-refractivity contribution in [3.63, 3.8) is 0 Å². The molecule has 0 aliphatic carbocycles. The number of nitrogens with zero attached hydrogens (tertiary/aromatic N) is 2. The second kappa shape index (κ2) is 10.7. The number of amides is 1. The molecule has 0 fully saturated rings. The van der Waals surface area contributed by atoms with Gasteiger partial charge in [0.25, 0.3) is 15.7 Å². The first-order chi connectivity index (χ1) is 16.6. The highest BCUT2D eigenvalue weighted by Gasteiger charge is 2.34. The molecule has 0 heterocycles. The molecule has 0 saturated heterocycles. The molecule has 0 radical (unpaired) electrons. The highest BCUT2D eigenvalue weighted by atomic mass is 79.9. The van der Waals surface area contributed by atoms with E-state index in [0.29, 0.717) is 11.4 Å². The summed E-state index contributed by atoms with van der Waals surface area (Å²) in [7, 11) is -1.82. The maximum Gasteiger partial charge on any atom is 0.289 e. The van der Waals surface area contributed by atoms with Gasteiger partial charge in [0.05, 0.1) is 24.8 Å². The number of carbonyl (C=O) groups excluding carboxylic acids is 1. The SMILES string of the molecule is COc1ccc(N(CC(=O)Nc2ccc(Br)c(C)c2)S(=O)(=O)c2ccccc2[N+](=O)[O-])c(OC)c1. The average Bonchev–Trinajstić information content (AvgIpc) is 2.84. The number of methoxy groups -OCH3 is 2. The van der Waals surface area contributed by atoms with Gasteiger partial charge in [-0.2, -0.15) is 0 Å². The van der Waals surface area contributed by atoms with Crippen LogP contribution in [0.3, 0.4) is 0 Å². The molecular weight excluding hydrogens is 542 g/mol. The van der Waals surface area contributed by atoms with E-state index in [0.717, 1.165) is 26.5 Å². The molecule has 1 N–H and O–H groups in total. The van der Waals surface area contributed by atoms with Gasteiger partial charge in [0.15, 0.2) is 4.90 Å². The highest BCUT2D eigenvalue weighted by molar-refractivity contribution is 9.10. The van der Waals surface area contributed by atoms with Gasteiger partial charge in [-0.1, -0.05) is 28.1 Å². The zero-order valence-corrected chi connectivity index (χ0v) is 21.4. The number of nitro groups is 1. The second-order valence-corrected chi connectivity index (χ2v) is 9.97. The minimum absolute atomic E-state index is 0.00795. The van der Waals surface area contributed by atoms with Crippen LogP contribution in [0.4, 0.5) is 17.1 Å². The molecule has 0 unspecified atom stereocenters. The third-order valence-corrected chi connectivity index (χ3v) is 7.71. The first kappa shape index (κ1) is 26.0. The summed E-state index contributed by atoms with van der Waals surface area (Å²) in [6.45, 7) is 1.17. The van der Waals surface area contributed by atoms with Gasteiger partial charge in [0, 0.05) is 22.3 Å². The summed E-state index contributed by atoms with van der Waals surface area (Å²) in [5.74, 6) is -0.172. The summed E-state index contributed by atoms with van der Waals surface area (Å²) in [5, 5.41) is 14.2. The lowest BCUT2D eigenvalue weighted by Gasteiger charge is -2.25. The molecule has 3 aromatic rings. The zero-order chi connectivity index (χ0) is 25.8. The van der Waals surface area contributed by atoms with E-state index in [1.54, 1.807) is 18.2 Å². The van der Waals surface area contributed by atoms with Crippen LogP contribution in [0.2, 0.25) is 0 Å². The fraction of sp³-hybridized carbons (Fsp3) is 0.174. The molecule has 35 heavy (non-hydrogen) atoms. The number of hydrogen-bond donors (Lipinski definition) is 1. The van der Waals surface area contributed by atoms with Gasteiger partial charge in [-0.3, -0.25) is 19.2 Å². The van der Waals surface area contributed by atoms with Crippen LogP contribution in [0.15, 0.2) is 70.0 Å². The lowest BCUT2D eigenvalue weighted by molar-refractivity contribution is -0.387. The van der Waals surface area contributed by atoms with E-state index in [9.17, 15) is 23.3 Å². The topological polar surface area (TPSA) is 128 Å². The Kier molecular flexibility index (Phi) is 7.97. The van der Waals surface area contributed by atoms with Crippen LogP contribution in [-0.2, 0) is 14.8 Å². The Morgan fingerprint density at radius 1 is 1.09 bits per heavy atom. The summed E-state index contributed by atoms with van der Waals surface area (Å²) < 4.78 is 39.6. The molecule has 0 aliphatic heterocycles. The normalized spacial score (nSPS) is 11.0. The summed E-state index contributed by atoms with van der Waals surface area (Å²) in [5.41, 5.74) is 0.715. The van der Waals surface area contributed by atoms with Crippen LogP contribution in [-0.4, -0.2) is 40.0 Å². The first-order valence-electron chi connectivity index (χ1n) is 10.1. The number of anilines is 2. The van der Waals surface area contributed by atoms with E-state index in [2.05, 4.69) is 21.2 Å². The number of sulfonamides is 1. The summed E-state index contributed by atoms with van der Waals surface area (Å²) in [4.78, 5) is 23.2. The molecule has 12 heteroatoms. The van der Waals surface area contributed by atoms with Gasteiger partial charge in [-0.05, 0) is 48.9 Å². The summed E-state index contributed by atoms with van der Waals surface area (Å²) in [6, 6.07) is 14.4. The fourth-order valence-electron chi connectivity index (χ4n) is 3.29. The summed E-state index contributed by atoms with van der Waals surface area (Å²) in [6.07, 6.45) is 0. The molecule has 10 nitrogen and oxygen atoms in total. The Bertz CT molecular complexity index is 1380. The number of hydrogen-bond acceptors (Lipinski definition) is 7. The first-order valence-corrected chi connectivity index (χ1v) is 12.4. The minimum Gasteiger partial charge on any atom is -0.497 e. The number of nitro benzene ring substituents is 1. The Balaban J connectivity index is 2.10. The number of nitrogens with one attached hydrogen (secondary N) is 1. The van der Waals surface area contributed by atoms with Crippen LogP contribution < -0.4 is 19.1 Å². The van der Waals surface area contributed by atoms with Gasteiger partial charge in [0.2, 0.25) is 5.91 Å². The van der Waals surface area contributed by atoms with E-state index in [4.69, 9.17) is 9.47 Å². The quantitative estimate of drug-likeness (QED) is 0.299. The lowest BCUT2D eigenvalue weighted by Crippen LogP contribution is -2.38. The molecule has 1 amide bonds. The third kappa shape index (κ3) is 5.72. The van der Waals surface area contributed by atoms with Gasteiger partial charge in [0.1, 0.15) is 18.0 Å². The lowest BCUT2D eigenvalue weighted by atomic mass is 10.2. The summed E-state index contributed by atoms with van der Waals surface area (Å²) >= 11 is 3.39. The van der Waals surface area contributed by atoms with E-state index in [-0.39, 0.29) is 11.4 Å². The number of aryl methyl sites for hydroxylation is 1. The van der Waals surface area contributed by atoms with Crippen molar-refractivity contribution in [2.24, 2.45) is 0 Å². The van der Waals surface area contributed by atoms with Crippen LogP contribution in [0, 0.1) is 17.0 Å². The van der Waals surface area contributed by atoms with Crippen LogP contribution in [0.25, 0.3) is 0 Å². The minimum atomic E-state index is -4.58. The Hall–Kier alpha value is -3.64. The molecule has 0 aromatic heterocycles. The Morgan fingerprint density at radius 3 is 2.43 bits per heavy atom. The van der Waals surface area contributed by atoms with Crippen molar-refractivity contribution in [1.82, 2.24) is 0 Å². The monoisotopic (exact) mass is 563 g/mol. The van der Waals surface area contributed by atoms with Crippen molar-refractivity contribution in [2.45, 2.75) is 11.8 Å². The predicted octanol–water partition coefficient (Wildman–Crippen LogP) is 4.52. The van der Waals surface area contributed by atoms with Crippen molar-refractivity contribution in [1.29, 1.82) is 0 Å². The fourth-order valence-corrected chi connectivity index (χ4v) is 5.13. The van der Waals surface area contributed by atoms with Gasteiger partial charge >= 0.3 is 0 Å². The van der Waals surface area contributed by atoms with Crippen molar-refractivity contribution < 1.29 is 27.6 Å². The van der Waals surface area contributed by atoms with E-state index in [1.807, 2.05) is 6.92 Å². The highest BCUT2D eigenvalue weighted by Crippen LogP contribution is 2.37. The molecule has 3 aromatic carbocycles. The number of rotatable bonds is 9. The molecule has 3 rings (SSSR count). The number of halogens is 1. The van der Waals surface area contributed by atoms with Crippen molar-refractivity contribution in [3.8, 4) is 11.5 Å². The maximum absolute atomic E-state index is 13.7. The Labute approximate surface area is 210 Å². The van der Waals surface area contributed by atoms with Gasteiger partial charge < -0.3 is 14.8 Å². The van der Waals surface area contributed by atoms with Crippen molar-refractivity contribution >= 4 is 48.9 Å². The second-order valence-electron chi connectivity index (χ2n) is 7.29. The van der Waals surface area contributed by atoms with Gasteiger partial charge in [-0.15, -0.1) is 0 Å². The van der Waals surface area contributed by atoms with Crippen molar-refractivity contribution in [2.75, 3.05) is 30.4 Å². The van der Waals surface area contributed by atoms with Crippen LogP contribution in [0.5, 0.6) is 11.5 Å². The Morgan fingerprint density at radius 2 is 1.80 bits per heavy atom. The molecule has 0 bridgehead atoms. The number of ether oxygens (including phenoxy) is 2. The molecule has 0 saturated carbocycles. The smallest absolute Gasteiger partial charge is 0.289 e. The van der Waals surface area contributed by atoms with Crippen LogP contribution >= 0.6 is 15.9 Å². The van der Waals surface area contributed by atoms with E-state index >= 15 is 0 Å². The molecular formula is C23H22BrN3O7S. The van der Waals surface area contributed by atoms with Gasteiger partial charge in [-0.25, -0.2) is 8.42 Å². The largest absolute Gasteiger partial charge is 0.497 e. The third-order valence-electron chi connectivity index (χ3n) is 5.01. The van der Waals surface area contributed by atoms with E-state index < -0.39 is 38.0 Å². The molecule has 0 aliphatic rings. The number of para-hydroxylation sites is 1. The number of benzene rings is 3. The maximum atomic E-state index is 13.7. The number of carbonyl (C=O) groups is 1. The average molecular weight is 564 g/mol. The molecule has 0 atom stereocenters. The predicted molar refractivity (Wildman–Crippen MR) is 135 cm³/mol. The molecule has 184 valence electrons. The zero-order valence-electron chi connectivity index (χ0n) is 19.0. The standard InChI is InChI=1S/C23H22BrN3O7S/c1-15-12-16(8-10-18(15)24)25-23(28)14-26(19-11-9-17(33-2)13-21(19)34-3)35(31,32)22-7-5-4-6-20(22)27(29)30/h4-13H,14H2,1-3H3,(H,25,28).